The number of rotatable bonds is 9. The van der Waals surface area contributed by atoms with Crippen LogP contribution in [-0.2, 0) is 6.42 Å². The summed E-state index contributed by atoms with van der Waals surface area (Å²) in [5, 5.41) is 0. The lowest BCUT2D eigenvalue weighted by atomic mass is 10.1. The third-order valence-corrected chi connectivity index (χ3v) is 4.63. The molecule has 1 aromatic heterocycles. The van der Waals surface area contributed by atoms with E-state index in [1.165, 1.54) is 19.3 Å². The summed E-state index contributed by atoms with van der Waals surface area (Å²) in [6, 6.07) is 15.8. The molecule has 0 atom stereocenters. The van der Waals surface area contributed by atoms with Gasteiger partial charge >= 0.3 is 0 Å². The molecule has 2 aromatic carbocycles. The summed E-state index contributed by atoms with van der Waals surface area (Å²) < 4.78 is 16.7. The smallest absolute Gasteiger partial charge is 0.195 e. The fourth-order valence-corrected chi connectivity index (χ4v) is 3.06. The maximum absolute atomic E-state index is 6.18. The Morgan fingerprint density at radius 2 is 1.37 bits per heavy atom. The van der Waals surface area contributed by atoms with Gasteiger partial charge in [0.05, 0.1) is 14.2 Å². The van der Waals surface area contributed by atoms with Crippen LogP contribution in [0.25, 0.3) is 22.6 Å². The first-order chi connectivity index (χ1) is 13.2. The third-order valence-electron chi connectivity index (χ3n) is 4.63. The van der Waals surface area contributed by atoms with E-state index < -0.39 is 0 Å². The quantitative estimate of drug-likeness (QED) is 0.427. The molecule has 3 aromatic rings. The van der Waals surface area contributed by atoms with E-state index in [0.29, 0.717) is 0 Å². The Morgan fingerprint density at radius 3 is 1.93 bits per heavy atom. The number of nitrogens with zero attached hydrogens (tertiary/aromatic N) is 1. The van der Waals surface area contributed by atoms with Crippen LogP contribution in [0.4, 0.5) is 0 Å². The largest absolute Gasteiger partial charge is 0.497 e. The van der Waals surface area contributed by atoms with Crippen LogP contribution >= 0.6 is 0 Å². The van der Waals surface area contributed by atoms with Crippen molar-refractivity contribution in [3.8, 4) is 34.1 Å². The zero-order valence-corrected chi connectivity index (χ0v) is 16.3. The summed E-state index contributed by atoms with van der Waals surface area (Å²) in [6.45, 7) is 2.22. The predicted octanol–water partition coefficient (Wildman–Crippen LogP) is 6.15. The number of unbranched alkanes of at least 4 members (excludes halogenated alkanes) is 3. The van der Waals surface area contributed by atoms with Crippen LogP contribution < -0.4 is 9.47 Å². The van der Waals surface area contributed by atoms with Crippen LogP contribution in [-0.4, -0.2) is 19.2 Å². The van der Waals surface area contributed by atoms with Crippen molar-refractivity contribution in [3.05, 3.63) is 54.4 Å². The van der Waals surface area contributed by atoms with Gasteiger partial charge in [-0.3, -0.25) is 0 Å². The van der Waals surface area contributed by atoms with Crippen LogP contribution in [0.5, 0.6) is 11.5 Å². The van der Waals surface area contributed by atoms with Gasteiger partial charge in [-0.1, -0.05) is 26.2 Å². The third kappa shape index (κ3) is 4.70. The van der Waals surface area contributed by atoms with E-state index >= 15 is 0 Å². The summed E-state index contributed by atoms with van der Waals surface area (Å²) in [5.74, 6) is 3.24. The van der Waals surface area contributed by atoms with Crippen molar-refractivity contribution in [3.63, 3.8) is 0 Å². The van der Waals surface area contributed by atoms with Gasteiger partial charge in [-0.25, -0.2) is 4.98 Å². The molecule has 4 nitrogen and oxygen atoms in total. The number of hydrogen-bond acceptors (Lipinski definition) is 4. The molecular formula is C23H27NO3. The van der Waals surface area contributed by atoms with E-state index in [1.807, 2.05) is 48.5 Å². The van der Waals surface area contributed by atoms with E-state index in [-0.39, 0.29) is 0 Å². The first kappa shape index (κ1) is 19.0. The average Bonchev–Trinajstić information content (AvgIpc) is 3.15. The zero-order chi connectivity index (χ0) is 19.1. The van der Waals surface area contributed by atoms with Gasteiger partial charge in [-0.15, -0.1) is 0 Å². The Hall–Kier alpha value is -2.75. The second-order valence-electron chi connectivity index (χ2n) is 6.55. The van der Waals surface area contributed by atoms with E-state index in [4.69, 9.17) is 18.9 Å². The number of benzene rings is 2. The summed E-state index contributed by atoms with van der Waals surface area (Å²) in [6.07, 6.45) is 5.63. The molecule has 0 spiro atoms. The van der Waals surface area contributed by atoms with Crippen molar-refractivity contribution in [1.29, 1.82) is 0 Å². The van der Waals surface area contributed by atoms with E-state index in [0.717, 1.165) is 52.8 Å². The van der Waals surface area contributed by atoms with Gasteiger partial charge in [0.15, 0.2) is 11.7 Å². The molecule has 27 heavy (non-hydrogen) atoms. The van der Waals surface area contributed by atoms with Gasteiger partial charge in [-0.05, 0) is 55.0 Å². The fourth-order valence-electron chi connectivity index (χ4n) is 3.06. The molecule has 0 fully saturated rings. The SMILES string of the molecule is CCCCCCc1nc(-c2ccc(OC)cc2)c(-c2ccc(OC)cc2)o1. The molecule has 3 rings (SSSR count). The molecule has 4 heteroatoms. The monoisotopic (exact) mass is 365 g/mol. The van der Waals surface area contributed by atoms with Crippen molar-refractivity contribution in [1.82, 2.24) is 4.98 Å². The van der Waals surface area contributed by atoms with Crippen LogP contribution in [0.1, 0.15) is 38.5 Å². The van der Waals surface area contributed by atoms with Gasteiger partial charge in [-0.2, -0.15) is 0 Å². The van der Waals surface area contributed by atoms with Gasteiger partial charge in [0.2, 0.25) is 0 Å². The number of ether oxygens (including phenoxy) is 2. The van der Waals surface area contributed by atoms with Crippen molar-refractivity contribution < 1.29 is 13.9 Å². The number of oxazole rings is 1. The van der Waals surface area contributed by atoms with Crippen LogP contribution in [0.15, 0.2) is 52.9 Å². The molecule has 0 saturated heterocycles. The molecule has 0 N–H and O–H groups in total. The molecule has 0 aliphatic rings. The molecule has 0 saturated carbocycles. The zero-order valence-electron chi connectivity index (χ0n) is 16.3. The van der Waals surface area contributed by atoms with Crippen LogP contribution in [0.3, 0.4) is 0 Å². The summed E-state index contributed by atoms with van der Waals surface area (Å²) >= 11 is 0. The molecule has 0 bridgehead atoms. The van der Waals surface area contributed by atoms with Crippen molar-refractivity contribution >= 4 is 0 Å². The lowest BCUT2D eigenvalue weighted by Crippen LogP contribution is -1.87. The molecule has 0 radical (unpaired) electrons. The Labute approximate surface area is 161 Å². The summed E-state index contributed by atoms with van der Waals surface area (Å²) in [4.78, 5) is 4.81. The minimum absolute atomic E-state index is 0.794. The van der Waals surface area contributed by atoms with E-state index in [2.05, 4.69) is 6.92 Å². The Morgan fingerprint density at radius 1 is 0.778 bits per heavy atom. The van der Waals surface area contributed by atoms with Gasteiger partial charge in [0, 0.05) is 17.5 Å². The summed E-state index contributed by atoms with van der Waals surface area (Å²) in [5.41, 5.74) is 2.88. The van der Waals surface area contributed by atoms with Crippen molar-refractivity contribution in [2.75, 3.05) is 14.2 Å². The predicted molar refractivity (Wildman–Crippen MR) is 108 cm³/mol. The lowest BCUT2D eigenvalue weighted by Gasteiger charge is -2.04. The maximum atomic E-state index is 6.18. The Balaban J connectivity index is 1.93. The fraction of sp³-hybridized carbons (Fsp3) is 0.348. The van der Waals surface area contributed by atoms with Crippen LogP contribution in [0, 0.1) is 0 Å². The average molecular weight is 365 g/mol. The topological polar surface area (TPSA) is 44.5 Å². The summed E-state index contributed by atoms with van der Waals surface area (Å²) in [7, 11) is 3.34. The first-order valence-corrected chi connectivity index (χ1v) is 9.53. The number of aryl methyl sites for hydroxylation is 1. The minimum Gasteiger partial charge on any atom is -0.497 e. The molecule has 1 heterocycles. The Bertz CT molecular complexity index is 770. The van der Waals surface area contributed by atoms with Crippen LogP contribution in [0.2, 0.25) is 0 Å². The Kier molecular flexibility index (Phi) is 6.53. The van der Waals surface area contributed by atoms with E-state index in [9.17, 15) is 0 Å². The molecule has 142 valence electrons. The second kappa shape index (κ2) is 9.26. The highest BCUT2D eigenvalue weighted by Crippen LogP contribution is 2.34. The lowest BCUT2D eigenvalue weighted by molar-refractivity contribution is 0.414. The highest BCUT2D eigenvalue weighted by molar-refractivity contribution is 5.77. The molecule has 0 aliphatic carbocycles. The minimum atomic E-state index is 0.794. The molecule has 0 unspecified atom stereocenters. The number of methoxy groups -OCH3 is 2. The second-order valence-corrected chi connectivity index (χ2v) is 6.55. The maximum Gasteiger partial charge on any atom is 0.195 e. The highest BCUT2D eigenvalue weighted by Gasteiger charge is 2.17. The first-order valence-electron chi connectivity index (χ1n) is 9.53. The molecular weight excluding hydrogens is 338 g/mol. The van der Waals surface area contributed by atoms with Gasteiger partial charge in [0.1, 0.15) is 17.2 Å². The van der Waals surface area contributed by atoms with Crippen molar-refractivity contribution in [2.45, 2.75) is 39.0 Å². The highest BCUT2D eigenvalue weighted by atomic mass is 16.5. The number of hydrogen-bond donors (Lipinski definition) is 0. The molecule has 0 aliphatic heterocycles. The van der Waals surface area contributed by atoms with Gasteiger partial charge < -0.3 is 13.9 Å². The van der Waals surface area contributed by atoms with E-state index in [1.54, 1.807) is 14.2 Å². The van der Waals surface area contributed by atoms with Gasteiger partial charge in [0.25, 0.3) is 0 Å². The number of aromatic nitrogens is 1. The van der Waals surface area contributed by atoms with Crippen molar-refractivity contribution in [2.24, 2.45) is 0 Å². The molecule has 0 amide bonds. The normalized spacial score (nSPS) is 10.8. The standard InChI is InChI=1S/C23H27NO3/c1-4-5-6-7-8-21-24-22(17-9-13-19(25-2)14-10-17)23(27-21)18-11-15-20(26-3)16-12-18/h9-16H,4-8H2,1-3H3.